The van der Waals surface area contributed by atoms with Crippen LogP contribution in [0, 0.1) is 6.92 Å². The van der Waals surface area contributed by atoms with Crippen molar-refractivity contribution in [3.05, 3.63) is 29.8 Å². The molecule has 1 aromatic rings. The van der Waals surface area contributed by atoms with Gasteiger partial charge in [0, 0.05) is 10.6 Å². The van der Waals surface area contributed by atoms with Crippen LogP contribution in [0.2, 0.25) is 0 Å². The maximum absolute atomic E-state index is 11.0. The molecule has 0 aromatic heterocycles. The number of hydrogen-bond acceptors (Lipinski definition) is 3. The molecule has 0 aliphatic rings. The first-order chi connectivity index (χ1) is 7.15. The Kier molecular flexibility index (Phi) is 4.65. The monoisotopic (exact) mass is 224 g/mol. The predicted octanol–water partition coefficient (Wildman–Crippen LogP) is 1.16. The normalized spacial score (nSPS) is 12.4. The number of carbonyl (C=O) groups is 1. The Morgan fingerprint density at radius 2 is 2.20 bits per heavy atom. The van der Waals surface area contributed by atoms with Gasteiger partial charge in [-0.2, -0.15) is 0 Å². The second-order valence-electron chi connectivity index (χ2n) is 3.32. The number of likely N-dealkylation sites (N-methyl/N-ethyl adjacent to an activating group) is 1. The van der Waals surface area contributed by atoms with Crippen LogP contribution in [0.25, 0.3) is 0 Å². The summed E-state index contributed by atoms with van der Waals surface area (Å²) in [7, 11) is 1.74. The Hall–Kier alpha value is -1.00. The lowest BCUT2D eigenvalue weighted by atomic mass is 10.2. The minimum Gasteiger partial charge on any atom is -0.368 e. The van der Waals surface area contributed by atoms with Crippen LogP contribution >= 0.6 is 11.8 Å². The van der Waals surface area contributed by atoms with Crippen molar-refractivity contribution in [1.82, 2.24) is 5.32 Å². The van der Waals surface area contributed by atoms with Gasteiger partial charge in [-0.15, -0.1) is 11.8 Å². The number of hydrogen-bond donors (Lipinski definition) is 2. The zero-order valence-electron chi connectivity index (χ0n) is 8.99. The van der Waals surface area contributed by atoms with Crippen LogP contribution in [0.15, 0.2) is 29.2 Å². The Balaban J connectivity index is 2.56. The highest BCUT2D eigenvalue weighted by atomic mass is 32.2. The highest BCUT2D eigenvalue weighted by Gasteiger charge is 2.12. The van der Waals surface area contributed by atoms with E-state index in [9.17, 15) is 4.79 Å². The number of thioether (sulfide) groups is 1. The fraction of sp³-hybridized carbons (Fsp3) is 0.364. The maximum atomic E-state index is 11.0. The van der Waals surface area contributed by atoms with Gasteiger partial charge in [0.05, 0.1) is 6.04 Å². The molecule has 1 unspecified atom stereocenters. The number of benzene rings is 1. The first-order valence-electron chi connectivity index (χ1n) is 4.80. The summed E-state index contributed by atoms with van der Waals surface area (Å²) in [6, 6.07) is 7.83. The lowest BCUT2D eigenvalue weighted by molar-refractivity contribution is -0.119. The summed E-state index contributed by atoms with van der Waals surface area (Å²) in [6.07, 6.45) is 0. The lowest BCUT2D eigenvalue weighted by Gasteiger charge is -2.12. The van der Waals surface area contributed by atoms with Gasteiger partial charge in [-0.25, -0.2) is 0 Å². The molecular weight excluding hydrogens is 208 g/mol. The topological polar surface area (TPSA) is 55.1 Å². The van der Waals surface area contributed by atoms with E-state index < -0.39 is 0 Å². The maximum Gasteiger partial charge on any atom is 0.235 e. The summed E-state index contributed by atoms with van der Waals surface area (Å²) in [5.74, 6) is 0.357. The number of carbonyl (C=O) groups excluding carboxylic acids is 1. The molecule has 3 nitrogen and oxygen atoms in total. The predicted molar refractivity (Wildman–Crippen MR) is 63.9 cm³/mol. The van der Waals surface area contributed by atoms with E-state index in [-0.39, 0.29) is 11.9 Å². The summed E-state index contributed by atoms with van der Waals surface area (Å²) >= 11 is 1.64. The van der Waals surface area contributed by atoms with E-state index in [0.29, 0.717) is 5.75 Å². The molecular formula is C11H16N2OS. The molecule has 15 heavy (non-hydrogen) atoms. The molecule has 0 aliphatic heterocycles. The summed E-state index contributed by atoms with van der Waals surface area (Å²) in [4.78, 5) is 12.2. The van der Waals surface area contributed by atoms with E-state index >= 15 is 0 Å². The van der Waals surface area contributed by atoms with Crippen molar-refractivity contribution in [1.29, 1.82) is 0 Å². The average molecular weight is 224 g/mol. The average Bonchev–Trinajstić information content (AvgIpc) is 2.21. The summed E-state index contributed by atoms with van der Waals surface area (Å²) in [6.45, 7) is 2.06. The number of nitrogens with one attached hydrogen (secondary N) is 1. The SMILES string of the molecule is CNC(CSc1ccccc1C)C(N)=O. The van der Waals surface area contributed by atoms with Gasteiger partial charge in [-0.05, 0) is 25.6 Å². The van der Waals surface area contributed by atoms with E-state index in [1.807, 2.05) is 18.2 Å². The summed E-state index contributed by atoms with van der Waals surface area (Å²) < 4.78 is 0. The van der Waals surface area contributed by atoms with Crippen molar-refractivity contribution in [2.45, 2.75) is 17.9 Å². The van der Waals surface area contributed by atoms with Crippen molar-refractivity contribution >= 4 is 17.7 Å². The smallest absolute Gasteiger partial charge is 0.235 e. The Labute approximate surface area is 94.4 Å². The molecule has 1 atom stereocenters. The van der Waals surface area contributed by atoms with Crippen LogP contribution in [-0.2, 0) is 4.79 Å². The van der Waals surface area contributed by atoms with Gasteiger partial charge < -0.3 is 11.1 Å². The number of nitrogens with two attached hydrogens (primary N) is 1. The summed E-state index contributed by atoms with van der Waals surface area (Å²) in [5, 5.41) is 2.90. The first kappa shape index (κ1) is 12.1. The fourth-order valence-corrected chi connectivity index (χ4v) is 2.35. The zero-order valence-corrected chi connectivity index (χ0v) is 9.80. The van der Waals surface area contributed by atoms with Crippen molar-refractivity contribution < 1.29 is 4.79 Å². The molecule has 0 spiro atoms. The van der Waals surface area contributed by atoms with Gasteiger partial charge in [0.25, 0.3) is 0 Å². The first-order valence-corrected chi connectivity index (χ1v) is 5.78. The zero-order chi connectivity index (χ0) is 11.3. The number of amides is 1. The van der Waals surface area contributed by atoms with Crippen LogP contribution < -0.4 is 11.1 Å². The number of rotatable bonds is 5. The summed E-state index contributed by atoms with van der Waals surface area (Å²) in [5.41, 5.74) is 6.46. The Bertz CT molecular complexity index is 341. The quantitative estimate of drug-likeness (QED) is 0.738. The molecule has 1 rings (SSSR count). The lowest BCUT2D eigenvalue weighted by Crippen LogP contribution is -2.41. The van der Waals surface area contributed by atoms with E-state index in [0.717, 1.165) is 0 Å². The van der Waals surface area contributed by atoms with Gasteiger partial charge in [-0.3, -0.25) is 4.79 Å². The number of primary amides is 1. The van der Waals surface area contributed by atoms with Crippen LogP contribution in [0.5, 0.6) is 0 Å². The molecule has 0 fully saturated rings. The van der Waals surface area contributed by atoms with Crippen molar-refractivity contribution in [3.63, 3.8) is 0 Å². The molecule has 1 amide bonds. The fourth-order valence-electron chi connectivity index (χ4n) is 1.20. The second kappa shape index (κ2) is 5.78. The molecule has 1 aromatic carbocycles. The molecule has 0 aliphatic carbocycles. The third kappa shape index (κ3) is 3.57. The van der Waals surface area contributed by atoms with E-state index in [1.165, 1.54) is 10.5 Å². The van der Waals surface area contributed by atoms with E-state index in [4.69, 9.17) is 5.73 Å². The third-order valence-electron chi connectivity index (χ3n) is 2.19. The Morgan fingerprint density at radius 3 is 2.73 bits per heavy atom. The molecule has 0 saturated heterocycles. The Morgan fingerprint density at radius 1 is 1.53 bits per heavy atom. The van der Waals surface area contributed by atoms with Crippen LogP contribution in [-0.4, -0.2) is 24.7 Å². The van der Waals surface area contributed by atoms with Crippen LogP contribution in [0.3, 0.4) is 0 Å². The minimum atomic E-state index is -0.307. The van der Waals surface area contributed by atoms with Gasteiger partial charge >= 0.3 is 0 Å². The van der Waals surface area contributed by atoms with Gasteiger partial charge in [0.2, 0.25) is 5.91 Å². The number of aryl methyl sites for hydroxylation is 1. The standard InChI is InChI=1S/C11H16N2OS/c1-8-5-3-4-6-10(8)15-7-9(13-2)11(12)14/h3-6,9,13H,7H2,1-2H3,(H2,12,14). The van der Waals surface area contributed by atoms with Crippen molar-refractivity contribution in [3.8, 4) is 0 Å². The molecule has 0 radical (unpaired) electrons. The highest BCUT2D eigenvalue weighted by Crippen LogP contribution is 2.22. The largest absolute Gasteiger partial charge is 0.368 e. The molecule has 0 heterocycles. The van der Waals surface area contributed by atoms with E-state index in [1.54, 1.807) is 18.8 Å². The molecule has 0 bridgehead atoms. The van der Waals surface area contributed by atoms with Crippen LogP contribution in [0.1, 0.15) is 5.56 Å². The van der Waals surface area contributed by atoms with Gasteiger partial charge in [0.15, 0.2) is 0 Å². The van der Waals surface area contributed by atoms with Gasteiger partial charge in [-0.1, -0.05) is 18.2 Å². The van der Waals surface area contributed by atoms with E-state index in [2.05, 4.69) is 18.3 Å². The van der Waals surface area contributed by atoms with Crippen molar-refractivity contribution in [2.75, 3.05) is 12.8 Å². The second-order valence-corrected chi connectivity index (χ2v) is 4.38. The molecule has 0 saturated carbocycles. The third-order valence-corrected chi connectivity index (χ3v) is 3.46. The molecule has 82 valence electrons. The van der Waals surface area contributed by atoms with Crippen LogP contribution in [0.4, 0.5) is 0 Å². The molecule has 3 N–H and O–H groups in total. The highest BCUT2D eigenvalue weighted by molar-refractivity contribution is 7.99. The molecule has 4 heteroatoms. The van der Waals surface area contributed by atoms with Crippen molar-refractivity contribution in [2.24, 2.45) is 5.73 Å². The minimum absolute atomic E-state index is 0.269. The van der Waals surface area contributed by atoms with Gasteiger partial charge in [0.1, 0.15) is 0 Å².